The van der Waals surface area contributed by atoms with E-state index in [9.17, 15) is 15.0 Å². The molecule has 0 fully saturated rings. The van der Waals surface area contributed by atoms with E-state index in [4.69, 9.17) is 0 Å². The summed E-state index contributed by atoms with van der Waals surface area (Å²) in [6.07, 6.45) is -0.515. The Labute approximate surface area is 81.4 Å². The minimum absolute atomic E-state index is 0.272. The van der Waals surface area contributed by atoms with E-state index in [2.05, 4.69) is 10.3 Å². The third kappa shape index (κ3) is 2.66. The van der Waals surface area contributed by atoms with Crippen LogP contribution in [0.3, 0.4) is 0 Å². The highest BCUT2D eigenvalue weighted by atomic mass is 16.3. The number of likely N-dealkylation sites (N-methyl/N-ethyl adjacent to an activating group) is 1. The van der Waals surface area contributed by atoms with Crippen molar-refractivity contribution in [3.63, 3.8) is 0 Å². The molecular weight excluding hydrogens is 184 g/mol. The number of aliphatic hydroxyl groups is 2. The number of aliphatic hydroxyl groups excluding tert-OH is 2. The van der Waals surface area contributed by atoms with Crippen molar-refractivity contribution < 1.29 is 10.2 Å². The first-order valence-corrected chi connectivity index (χ1v) is 4.34. The molecule has 4 N–H and O–H groups in total. The Bertz CT molecular complexity index is 337. The van der Waals surface area contributed by atoms with Crippen LogP contribution in [0.5, 0.6) is 0 Å². The number of H-pyrrole nitrogens is 1. The number of hydrogen-bond donors (Lipinski definition) is 4. The summed E-state index contributed by atoms with van der Waals surface area (Å²) < 4.78 is 0. The maximum Gasteiger partial charge on any atom is 0.248 e. The lowest BCUT2D eigenvalue weighted by Gasteiger charge is -2.17. The third-order valence-corrected chi connectivity index (χ3v) is 1.92. The van der Waals surface area contributed by atoms with Crippen LogP contribution in [0.1, 0.15) is 11.7 Å². The molecule has 2 atom stereocenters. The Morgan fingerprint density at radius 1 is 1.57 bits per heavy atom. The largest absolute Gasteiger partial charge is 0.389 e. The zero-order valence-electron chi connectivity index (χ0n) is 7.90. The molecule has 5 heteroatoms. The number of aromatic nitrogens is 1. The molecule has 0 aromatic carbocycles. The molecule has 0 aliphatic carbocycles. The van der Waals surface area contributed by atoms with Gasteiger partial charge in [-0.3, -0.25) is 4.79 Å². The first kappa shape index (κ1) is 10.9. The average molecular weight is 198 g/mol. The summed E-state index contributed by atoms with van der Waals surface area (Å²) in [5.41, 5.74) is 0.120. The molecule has 1 rings (SSSR count). The smallest absolute Gasteiger partial charge is 0.248 e. The van der Waals surface area contributed by atoms with Crippen LogP contribution in [0.2, 0.25) is 0 Å². The van der Waals surface area contributed by atoms with Crippen molar-refractivity contribution in [2.24, 2.45) is 0 Å². The maximum atomic E-state index is 10.9. The molecule has 0 spiro atoms. The first-order valence-electron chi connectivity index (χ1n) is 4.34. The van der Waals surface area contributed by atoms with Crippen LogP contribution in [-0.4, -0.2) is 34.9 Å². The number of hydrogen-bond acceptors (Lipinski definition) is 4. The SMILES string of the molecule is CNCC(O)C(O)c1cc[nH]c(=O)c1. The molecule has 0 bridgehead atoms. The van der Waals surface area contributed by atoms with Crippen molar-refractivity contribution in [1.82, 2.24) is 10.3 Å². The summed E-state index contributed by atoms with van der Waals surface area (Å²) in [5.74, 6) is 0. The van der Waals surface area contributed by atoms with E-state index in [1.165, 1.54) is 12.3 Å². The molecule has 1 aromatic rings. The second-order valence-electron chi connectivity index (χ2n) is 3.06. The predicted molar refractivity (Wildman–Crippen MR) is 52.0 cm³/mol. The van der Waals surface area contributed by atoms with E-state index >= 15 is 0 Å². The Morgan fingerprint density at radius 2 is 2.29 bits per heavy atom. The van der Waals surface area contributed by atoms with Crippen molar-refractivity contribution >= 4 is 0 Å². The molecule has 0 amide bonds. The van der Waals surface area contributed by atoms with Crippen LogP contribution < -0.4 is 10.9 Å². The number of rotatable bonds is 4. The number of nitrogens with one attached hydrogen (secondary N) is 2. The maximum absolute atomic E-state index is 10.9. The van der Waals surface area contributed by atoms with Crippen LogP contribution in [0.4, 0.5) is 0 Å². The summed E-state index contributed by atoms with van der Waals surface area (Å²) in [6, 6.07) is 2.83. The van der Waals surface area contributed by atoms with Gasteiger partial charge in [0, 0.05) is 18.8 Å². The fraction of sp³-hybridized carbons (Fsp3) is 0.444. The fourth-order valence-corrected chi connectivity index (χ4v) is 1.19. The molecule has 5 nitrogen and oxygen atoms in total. The lowest BCUT2D eigenvalue weighted by Crippen LogP contribution is -2.30. The molecular formula is C9H14N2O3. The third-order valence-electron chi connectivity index (χ3n) is 1.92. The summed E-state index contributed by atoms with van der Waals surface area (Å²) in [6.45, 7) is 0.272. The normalized spacial score (nSPS) is 15.1. The quantitative estimate of drug-likeness (QED) is 0.499. The summed E-state index contributed by atoms with van der Waals surface area (Å²) >= 11 is 0. The van der Waals surface area contributed by atoms with Gasteiger partial charge in [-0.25, -0.2) is 0 Å². The predicted octanol–water partition coefficient (Wildman–Crippen LogP) is -1.01. The zero-order valence-corrected chi connectivity index (χ0v) is 7.90. The average Bonchev–Trinajstić information content (AvgIpc) is 2.17. The van der Waals surface area contributed by atoms with Gasteiger partial charge in [0.05, 0.1) is 6.10 Å². The molecule has 0 saturated heterocycles. The van der Waals surface area contributed by atoms with E-state index < -0.39 is 12.2 Å². The molecule has 14 heavy (non-hydrogen) atoms. The monoisotopic (exact) mass is 198 g/mol. The first-order chi connectivity index (χ1) is 6.65. The van der Waals surface area contributed by atoms with Gasteiger partial charge < -0.3 is 20.5 Å². The fourth-order valence-electron chi connectivity index (χ4n) is 1.19. The molecule has 78 valence electrons. The van der Waals surface area contributed by atoms with Crippen molar-refractivity contribution in [1.29, 1.82) is 0 Å². The second kappa shape index (κ2) is 4.90. The Kier molecular flexibility index (Phi) is 3.82. The lowest BCUT2D eigenvalue weighted by atomic mass is 10.1. The molecule has 2 unspecified atom stereocenters. The lowest BCUT2D eigenvalue weighted by molar-refractivity contribution is 0.0201. The minimum atomic E-state index is -1.04. The van der Waals surface area contributed by atoms with Gasteiger partial charge in [-0.1, -0.05) is 0 Å². The number of pyridine rings is 1. The number of aromatic amines is 1. The van der Waals surface area contributed by atoms with Gasteiger partial charge in [-0.05, 0) is 18.7 Å². The molecule has 1 aromatic heterocycles. The standard InChI is InChI=1S/C9H14N2O3/c1-10-5-7(12)9(14)6-2-3-11-8(13)4-6/h2-4,7,9-10,12,14H,5H2,1H3,(H,11,13). The second-order valence-corrected chi connectivity index (χ2v) is 3.06. The van der Waals surface area contributed by atoms with Gasteiger partial charge in [0.15, 0.2) is 0 Å². The van der Waals surface area contributed by atoms with Crippen LogP contribution in [0.15, 0.2) is 23.1 Å². The molecule has 0 aliphatic heterocycles. The molecule has 1 heterocycles. The van der Waals surface area contributed by atoms with Crippen molar-refractivity contribution in [3.05, 3.63) is 34.2 Å². The van der Waals surface area contributed by atoms with E-state index in [-0.39, 0.29) is 12.1 Å². The van der Waals surface area contributed by atoms with E-state index in [0.717, 1.165) is 0 Å². The van der Waals surface area contributed by atoms with E-state index in [1.54, 1.807) is 13.1 Å². The van der Waals surface area contributed by atoms with Gasteiger partial charge in [-0.2, -0.15) is 0 Å². The van der Waals surface area contributed by atoms with Gasteiger partial charge in [0.2, 0.25) is 5.56 Å². The van der Waals surface area contributed by atoms with Gasteiger partial charge in [0.25, 0.3) is 0 Å². The van der Waals surface area contributed by atoms with Gasteiger partial charge >= 0.3 is 0 Å². The highest BCUT2D eigenvalue weighted by Crippen LogP contribution is 2.13. The summed E-state index contributed by atoms with van der Waals surface area (Å²) in [7, 11) is 1.67. The minimum Gasteiger partial charge on any atom is -0.389 e. The van der Waals surface area contributed by atoms with Crippen LogP contribution in [0, 0.1) is 0 Å². The molecule has 0 aliphatic rings. The highest BCUT2D eigenvalue weighted by Gasteiger charge is 2.17. The Hall–Kier alpha value is -1.17. The zero-order chi connectivity index (χ0) is 10.6. The van der Waals surface area contributed by atoms with E-state index in [0.29, 0.717) is 5.56 Å². The summed E-state index contributed by atoms with van der Waals surface area (Å²) in [5, 5.41) is 21.8. The summed E-state index contributed by atoms with van der Waals surface area (Å²) in [4.78, 5) is 13.3. The van der Waals surface area contributed by atoms with Crippen molar-refractivity contribution in [2.75, 3.05) is 13.6 Å². The Morgan fingerprint density at radius 3 is 2.86 bits per heavy atom. The topological polar surface area (TPSA) is 85.3 Å². The van der Waals surface area contributed by atoms with Crippen LogP contribution in [0.25, 0.3) is 0 Å². The molecule has 0 radical (unpaired) electrons. The van der Waals surface area contributed by atoms with Crippen LogP contribution in [-0.2, 0) is 0 Å². The van der Waals surface area contributed by atoms with Crippen LogP contribution >= 0.6 is 0 Å². The van der Waals surface area contributed by atoms with Gasteiger partial charge in [0.1, 0.15) is 6.10 Å². The van der Waals surface area contributed by atoms with Crippen molar-refractivity contribution in [2.45, 2.75) is 12.2 Å². The van der Waals surface area contributed by atoms with Gasteiger partial charge in [-0.15, -0.1) is 0 Å². The van der Waals surface area contributed by atoms with Crippen molar-refractivity contribution in [3.8, 4) is 0 Å². The molecule has 0 saturated carbocycles. The highest BCUT2D eigenvalue weighted by molar-refractivity contribution is 5.14. The van der Waals surface area contributed by atoms with E-state index in [1.807, 2.05) is 0 Å². The Balaban J connectivity index is 2.78.